The molecule has 1 heterocycles. The first-order valence-electron chi connectivity index (χ1n) is 8.87. The van der Waals surface area contributed by atoms with Crippen LogP contribution in [0.3, 0.4) is 0 Å². The average molecular weight is 437 g/mol. The van der Waals surface area contributed by atoms with Gasteiger partial charge >= 0.3 is 5.97 Å². The van der Waals surface area contributed by atoms with E-state index in [-0.39, 0.29) is 5.75 Å². The molecule has 10 nitrogen and oxygen atoms in total. The number of carbonyl (C=O) groups excluding carboxylic acids is 3. The number of likely N-dealkylation sites (tertiary alicyclic amines) is 1. The van der Waals surface area contributed by atoms with Crippen molar-refractivity contribution in [3.63, 3.8) is 0 Å². The van der Waals surface area contributed by atoms with Crippen molar-refractivity contribution in [3.05, 3.63) is 0 Å². The van der Waals surface area contributed by atoms with Crippen LogP contribution in [0.4, 0.5) is 0 Å². The molecule has 0 radical (unpaired) electrons. The quantitative estimate of drug-likeness (QED) is 0.203. The number of nitrogens with zero attached hydrogens (tertiary/aromatic N) is 1. The van der Waals surface area contributed by atoms with E-state index in [1.807, 2.05) is 6.26 Å². The van der Waals surface area contributed by atoms with Gasteiger partial charge in [-0.25, -0.2) is 4.79 Å². The van der Waals surface area contributed by atoms with Gasteiger partial charge in [-0.3, -0.25) is 14.4 Å². The number of carboxylic acids is 1. The third-order valence-corrected chi connectivity index (χ3v) is 5.40. The summed E-state index contributed by atoms with van der Waals surface area (Å²) in [5, 5.41) is 23.1. The summed E-state index contributed by atoms with van der Waals surface area (Å²) in [4.78, 5) is 49.9. The minimum atomic E-state index is -1.22. The van der Waals surface area contributed by atoms with Gasteiger partial charge in [0.25, 0.3) is 0 Å². The maximum absolute atomic E-state index is 12.7. The molecule has 4 atom stereocenters. The van der Waals surface area contributed by atoms with Gasteiger partial charge in [0, 0.05) is 12.3 Å². The lowest BCUT2D eigenvalue weighted by atomic mass is 10.1. The summed E-state index contributed by atoms with van der Waals surface area (Å²) in [6.45, 7) is -0.185. The zero-order chi connectivity index (χ0) is 21.3. The number of rotatable bonds is 11. The Balaban J connectivity index is 2.84. The minimum absolute atomic E-state index is 0.0891. The highest BCUT2D eigenvalue weighted by Crippen LogP contribution is 2.19. The molecule has 160 valence electrons. The topological polar surface area (TPSA) is 162 Å². The van der Waals surface area contributed by atoms with Gasteiger partial charge in [0.2, 0.25) is 17.7 Å². The number of aliphatic carboxylic acids is 1. The van der Waals surface area contributed by atoms with E-state index in [0.29, 0.717) is 31.6 Å². The number of aliphatic hydroxyl groups is 1. The first-order valence-corrected chi connectivity index (χ1v) is 10.9. The van der Waals surface area contributed by atoms with Gasteiger partial charge in [0.05, 0.1) is 6.61 Å². The molecule has 0 aromatic rings. The molecule has 28 heavy (non-hydrogen) atoms. The zero-order valence-electron chi connectivity index (χ0n) is 15.7. The number of aliphatic hydroxyl groups excluding tert-OH is 1. The Hall–Kier alpha value is -1.50. The van der Waals surface area contributed by atoms with Crippen LogP contribution >= 0.6 is 24.4 Å². The molecule has 1 rings (SSSR count). The molecule has 0 aromatic heterocycles. The van der Waals surface area contributed by atoms with Crippen molar-refractivity contribution >= 4 is 48.1 Å². The Morgan fingerprint density at radius 1 is 1.29 bits per heavy atom. The molecule has 0 aromatic carbocycles. The molecule has 1 fully saturated rings. The highest BCUT2D eigenvalue weighted by Gasteiger charge is 2.37. The molecule has 3 amide bonds. The van der Waals surface area contributed by atoms with E-state index in [4.69, 9.17) is 15.9 Å². The molecule has 0 bridgehead atoms. The van der Waals surface area contributed by atoms with Crippen LogP contribution < -0.4 is 16.4 Å². The number of thiol groups is 1. The number of nitrogens with two attached hydrogens (primary N) is 1. The van der Waals surface area contributed by atoms with Crippen LogP contribution in [0.1, 0.15) is 19.3 Å². The van der Waals surface area contributed by atoms with Crippen molar-refractivity contribution < 1.29 is 29.4 Å². The summed E-state index contributed by atoms with van der Waals surface area (Å²) in [5.74, 6) is -2.38. The number of hydrogen-bond acceptors (Lipinski definition) is 8. The fraction of sp³-hybridized carbons (Fsp3) is 0.750. The highest BCUT2D eigenvalue weighted by molar-refractivity contribution is 7.98. The third kappa shape index (κ3) is 6.83. The average Bonchev–Trinajstić information content (AvgIpc) is 3.17. The lowest BCUT2D eigenvalue weighted by Gasteiger charge is -2.28. The number of carboxylic acid groups (broad SMARTS) is 1. The van der Waals surface area contributed by atoms with Crippen LogP contribution in [0, 0.1) is 0 Å². The molecule has 0 spiro atoms. The van der Waals surface area contributed by atoms with Gasteiger partial charge in [-0.05, 0) is 31.3 Å². The second-order valence-corrected chi connectivity index (χ2v) is 7.75. The van der Waals surface area contributed by atoms with Crippen LogP contribution in [0.5, 0.6) is 0 Å². The van der Waals surface area contributed by atoms with Crippen LogP contribution in [-0.4, -0.2) is 93.9 Å². The number of thioether (sulfide) groups is 1. The monoisotopic (exact) mass is 436 g/mol. The summed E-state index contributed by atoms with van der Waals surface area (Å²) in [5.41, 5.74) is 5.57. The molecule has 0 saturated carbocycles. The summed E-state index contributed by atoms with van der Waals surface area (Å²) in [6, 6.07) is -3.99. The number of hydrogen-bond donors (Lipinski definition) is 6. The predicted molar refractivity (Wildman–Crippen MR) is 108 cm³/mol. The van der Waals surface area contributed by atoms with Crippen LogP contribution in [0.2, 0.25) is 0 Å². The van der Waals surface area contributed by atoms with Gasteiger partial charge in [-0.15, -0.1) is 0 Å². The van der Waals surface area contributed by atoms with Gasteiger partial charge in [-0.1, -0.05) is 0 Å². The molecule has 1 saturated heterocycles. The second-order valence-electron chi connectivity index (χ2n) is 6.40. The summed E-state index contributed by atoms with van der Waals surface area (Å²) in [6.07, 6.45) is 3.16. The first-order chi connectivity index (χ1) is 13.3. The van der Waals surface area contributed by atoms with E-state index in [1.54, 1.807) is 0 Å². The number of carbonyl (C=O) groups is 4. The van der Waals surface area contributed by atoms with E-state index < -0.39 is 54.5 Å². The summed E-state index contributed by atoms with van der Waals surface area (Å²) < 4.78 is 0. The molecular formula is C16H28N4O6S2. The molecule has 4 unspecified atom stereocenters. The van der Waals surface area contributed by atoms with Crippen molar-refractivity contribution in [1.82, 2.24) is 15.5 Å². The Bertz CT molecular complexity index is 579. The van der Waals surface area contributed by atoms with Gasteiger partial charge in [0.15, 0.2) is 0 Å². The SMILES string of the molecule is CSCCC(NC(=O)C1CCCN1C(=O)C(N)CO)C(=O)NC(CS)C(=O)O. The molecule has 6 N–H and O–H groups in total. The third-order valence-electron chi connectivity index (χ3n) is 4.39. The Morgan fingerprint density at radius 3 is 2.50 bits per heavy atom. The van der Waals surface area contributed by atoms with Crippen molar-refractivity contribution in [3.8, 4) is 0 Å². The Kier molecular flexibility index (Phi) is 10.6. The Labute approximate surface area is 173 Å². The summed E-state index contributed by atoms with van der Waals surface area (Å²) >= 11 is 5.39. The second kappa shape index (κ2) is 12.1. The summed E-state index contributed by atoms with van der Waals surface area (Å²) in [7, 11) is 0. The minimum Gasteiger partial charge on any atom is -0.480 e. The van der Waals surface area contributed by atoms with E-state index in [9.17, 15) is 19.2 Å². The maximum Gasteiger partial charge on any atom is 0.327 e. The van der Waals surface area contributed by atoms with E-state index in [1.165, 1.54) is 16.7 Å². The zero-order valence-corrected chi connectivity index (χ0v) is 17.4. The molecule has 1 aliphatic rings. The van der Waals surface area contributed by atoms with Crippen LogP contribution in [0.15, 0.2) is 0 Å². The normalized spacial score (nSPS) is 19.6. The maximum atomic E-state index is 12.7. The van der Waals surface area contributed by atoms with Crippen molar-refractivity contribution in [2.45, 2.75) is 43.4 Å². The largest absolute Gasteiger partial charge is 0.480 e. The molecule has 0 aliphatic carbocycles. The van der Waals surface area contributed by atoms with Crippen molar-refractivity contribution in [2.75, 3.05) is 30.9 Å². The fourth-order valence-electron chi connectivity index (χ4n) is 2.82. The molecule has 1 aliphatic heterocycles. The van der Waals surface area contributed by atoms with Crippen LogP contribution in [-0.2, 0) is 19.2 Å². The first kappa shape index (κ1) is 24.5. The van der Waals surface area contributed by atoms with Crippen molar-refractivity contribution in [2.24, 2.45) is 5.73 Å². The number of amides is 3. The van der Waals surface area contributed by atoms with E-state index in [2.05, 4.69) is 23.3 Å². The fourth-order valence-corrected chi connectivity index (χ4v) is 3.54. The van der Waals surface area contributed by atoms with E-state index >= 15 is 0 Å². The van der Waals surface area contributed by atoms with Crippen molar-refractivity contribution in [1.29, 1.82) is 0 Å². The smallest absolute Gasteiger partial charge is 0.327 e. The molecule has 12 heteroatoms. The van der Waals surface area contributed by atoms with Gasteiger partial charge < -0.3 is 31.5 Å². The van der Waals surface area contributed by atoms with Crippen LogP contribution in [0.25, 0.3) is 0 Å². The molecular weight excluding hydrogens is 408 g/mol. The Morgan fingerprint density at radius 2 is 1.96 bits per heavy atom. The predicted octanol–water partition coefficient (Wildman–Crippen LogP) is -1.97. The number of nitrogens with one attached hydrogen (secondary N) is 2. The lowest BCUT2D eigenvalue weighted by molar-refractivity contribution is -0.142. The van der Waals surface area contributed by atoms with Gasteiger partial charge in [0.1, 0.15) is 24.2 Å². The highest BCUT2D eigenvalue weighted by atomic mass is 32.2. The standard InChI is InChI=1S/C16H28N4O6S2/c1-28-6-4-10(13(22)19-11(8-27)16(25)26)18-14(23)12-3-2-5-20(12)15(24)9(17)7-21/h9-12,21,27H,2-8,17H2,1H3,(H,18,23)(H,19,22)(H,25,26). The van der Waals surface area contributed by atoms with Gasteiger partial charge in [-0.2, -0.15) is 24.4 Å². The van der Waals surface area contributed by atoms with E-state index in [0.717, 1.165) is 0 Å². The lowest BCUT2D eigenvalue weighted by Crippen LogP contribution is -2.57.